The molecule has 1 aliphatic carbocycles. The first-order valence-electron chi connectivity index (χ1n) is 4.02. The summed E-state index contributed by atoms with van der Waals surface area (Å²) in [6, 6.07) is 0. The molecular weight excluding hydrogens is 110 g/mol. The molecule has 2 atom stereocenters. The van der Waals surface area contributed by atoms with E-state index in [1.807, 2.05) is 0 Å². The number of fused-ring (bicyclic) bond motifs is 1. The quantitative estimate of drug-likeness (QED) is 0.516. The Morgan fingerprint density at radius 1 is 1.56 bits per heavy atom. The van der Waals surface area contributed by atoms with Crippen LogP contribution in [0.4, 0.5) is 0 Å². The van der Waals surface area contributed by atoms with Crippen LogP contribution in [0.25, 0.3) is 0 Å². The zero-order valence-corrected chi connectivity index (χ0v) is 6.11. The highest BCUT2D eigenvalue weighted by Gasteiger charge is 2.41. The van der Waals surface area contributed by atoms with Crippen LogP contribution in [0.15, 0.2) is 0 Å². The molecule has 0 aromatic heterocycles. The van der Waals surface area contributed by atoms with Crippen molar-refractivity contribution in [2.24, 2.45) is 11.3 Å². The maximum Gasteiger partial charge on any atom is 0.000841 e. The van der Waals surface area contributed by atoms with Crippen molar-refractivity contribution >= 4 is 0 Å². The average molecular weight is 125 g/mol. The van der Waals surface area contributed by atoms with Crippen molar-refractivity contribution < 1.29 is 0 Å². The van der Waals surface area contributed by atoms with Crippen molar-refractivity contribution in [3.05, 3.63) is 0 Å². The van der Waals surface area contributed by atoms with Crippen LogP contribution in [0.3, 0.4) is 0 Å². The summed E-state index contributed by atoms with van der Waals surface area (Å²) in [4.78, 5) is 0. The van der Waals surface area contributed by atoms with Crippen molar-refractivity contribution in [2.45, 2.75) is 26.2 Å². The fraction of sp³-hybridized carbons (Fsp3) is 1.00. The molecule has 0 aromatic rings. The molecule has 1 heteroatoms. The van der Waals surface area contributed by atoms with Gasteiger partial charge in [-0.2, -0.15) is 0 Å². The summed E-state index contributed by atoms with van der Waals surface area (Å²) >= 11 is 0. The Labute approximate surface area is 56.8 Å². The number of hydrogen-bond donors (Lipinski definition) is 1. The highest BCUT2D eigenvalue weighted by molar-refractivity contribution is 4.95. The van der Waals surface area contributed by atoms with Crippen LogP contribution in [0, 0.1) is 11.3 Å². The molecule has 1 heterocycles. The van der Waals surface area contributed by atoms with E-state index in [0.717, 1.165) is 5.92 Å². The molecule has 1 unspecified atom stereocenters. The molecular formula is C8H15N. The van der Waals surface area contributed by atoms with Gasteiger partial charge in [0.1, 0.15) is 0 Å². The van der Waals surface area contributed by atoms with Gasteiger partial charge in [0.25, 0.3) is 0 Å². The number of nitrogens with one attached hydrogen (secondary N) is 1. The predicted octanol–water partition coefficient (Wildman–Crippen LogP) is 1.40. The van der Waals surface area contributed by atoms with Crippen molar-refractivity contribution in [1.29, 1.82) is 0 Å². The van der Waals surface area contributed by atoms with Gasteiger partial charge in [-0.25, -0.2) is 0 Å². The van der Waals surface area contributed by atoms with E-state index in [9.17, 15) is 0 Å². The van der Waals surface area contributed by atoms with E-state index in [1.54, 1.807) is 0 Å². The molecule has 1 nitrogen and oxygen atoms in total. The van der Waals surface area contributed by atoms with Gasteiger partial charge < -0.3 is 5.32 Å². The summed E-state index contributed by atoms with van der Waals surface area (Å²) in [7, 11) is 0. The standard InChI is InChI=1S/C8H15N/c1-8-4-2-3-7(8)5-9-6-8/h7,9H,2-6H2,1H3/t7-,8?/m1/s1. The zero-order valence-electron chi connectivity index (χ0n) is 6.11. The van der Waals surface area contributed by atoms with Gasteiger partial charge in [0.15, 0.2) is 0 Å². The molecule has 1 saturated carbocycles. The number of rotatable bonds is 0. The second kappa shape index (κ2) is 1.72. The van der Waals surface area contributed by atoms with E-state index >= 15 is 0 Å². The first kappa shape index (κ1) is 5.72. The minimum absolute atomic E-state index is 0.694. The lowest BCUT2D eigenvalue weighted by molar-refractivity contribution is 0.306. The summed E-state index contributed by atoms with van der Waals surface area (Å²) in [5, 5.41) is 3.46. The lowest BCUT2D eigenvalue weighted by Crippen LogP contribution is -2.20. The van der Waals surface area contributed by atoms with Gasteiger partial charge in [-0.1, -0.05) is 13.3 Å². The average Bonchev–Trinajstić information content (AvgIpc) is 2.22. The summed E-state index contributed by atoms with van der Waals surface area (Å²) < 4.78 is 0. The third-order valence-corrected chi connectivity index (χ3v) is 3.21. The summed E-state index contributed by atoms with van der Waals surface area (Å²) in [6.07, 6.45) is 4.41. The second-order valence-corrected chi connectivity index (χ2v) is 3.87. The largest absolute Gasteiger partial charge is 0.316 e. The van der Waals surface area contributed by atoms with E-state index in [1.165, 1.54) is 32.4 Å². The number of hydrogen-bond acceptors (Lipinski definition) is 1. The van der Waals surface area contributed by atoms with E-state index in [-0.39, 0.29) is 0 Å². The van der Waals surface area contributed by atoms with Crippen molar-refractivity contribution in [1.82, 2.24) is 5.32 Å². The Balaban J connectivity index is 2.17. The maximum absolute atomic E-state index is 3.46. The van der Waals surface area contributed by atoms with Gasteiger partial charge in [0, 0.05) is 6.54 Å². The molecule has 0 bridgehead atoms. The molecule has 0 aromatic carbocycles. The summed E-state index contributed by atoms with van der Waals surface area (Å²) in [6.45, 7) is 5.00. The Morgan fingerprint density at radius 3 is 3.22 bits per heavy atom. The molecule has 1 N–H and O–H groups in total. The fourth-order valence-corrected chi connectivity index (χ4v) is 2.42. The van der Waals surface area contributed by atoms with Gasteiger partial charge in [-0.05, 0) is 30.7 Å². The Morgan fingerprint density at radius 2 is 2.44 bits per heavy atom. The molecule has 0 radical (unpaired) electrons. The first-order valence-corrected chi connectivity index (χ1v) is 4.02. The molecule has 1 aliphatic heterocycles. The third kappa shape index (κ3) is 0.710. The smallest absolute Gasteiger partial charge is 0.000841 e. The zero-order chi connectivity index (χ0) is 6.32. The topological polar surface area (TPSA) is 12.0 Å². The molecule has 0 spiro atoms. The maximum atomic E-state index is 3.46. The van der Waals surface area contributed by atoms with Gasteiger partial charge in [0.2, 0.25) is 0 Å². The molecule has 9 heavy (non-hydrogen) atoms. The molecule has 2 aliphatic rings. The van der Waals surface area contributed by atoms with Crippen LogP contribution in [0.2, 0.25) is 0 Å². The minimum atomic E-state index is 0.694. The molecule has 52 valence electrons. The van der Waals surface area contributed by atoms with Gasteiger partial charge >= 0.3 is 0 Å². The van der Waals surface area contributed by atoms with Gasteiger partial charge in [-0.15, -0.1) is 0 Å². The monoisotopic (exact) mass is 125 g/mol. The van der Waals surface area contributed by atoms with Crippen molar-refractivity contribution in [2.75, 3.05) is 13.1 Å². The van der Waals surface area contributed by atoms with Crippen LogP contribution < -0.4 is 5.32 Å². The first-order chi connectivity index (χ1) is 4.31. The highest BCUT2D eigenvalue weighted by Crippen LogP contribution is 2.44. The van der Waals surface area contributed by atoms with Crippen LogP contribution in [0.1, 0.15) is 26.2 Å². The fourth-order valence-electron chi connectivity index (χ4n) is 2.42. The van der Waals surface area contributed by atoms with Gasteiger partial charge in [-0.3, -0.25) is 0 Å². The Hall–Kier alpha value is -0.0400. The SMILES string of the molecule is CC12CCC[C@@H]1CNC2. The lowest BCUT2D eigenvalue weighted by atomic mass is 9.83. The summed E-state index contributed by atoms with van der Waals surface area (Å²) in [5.74, 6) is 1.01. The van der Waals surface area contributed by atoms with Crippen molar-refractivity contribution in [3.63, 3.8) is 0 Å². The Kier molecular flexibility index (Phi) is 1.10. The van der Waals surface area contributed by atoms with Gasteiger partial charge in [0.05, 0.1) is 0 Å². The second-order valence-electron chi connectivity index (χ2n) is 3.87. The van der Waals surface area contributed by atoms with Crippen LogP contribution in [0.5, 0.6) is 0 Å². The van der Waals surface area contributed by atoms with Crippen molar-refractivity contribution in [3.8, 4) is 0 Å². The highest BCUT2D eigenvalue weighted by atomic mass is 14.9. The Bertz CT molecular complexity index is 110. The van der Waals surface area contributed by atoms with Crippen LogP contribution in [-0.2, 0) is 0 Å². The molecule has 0 amide bonds. The molecule has 1 saturated heterocycles. The van der Waals surface area contributed by atoms with Crippen LogP contribution in [-0.4, -0.2) is 13.1 Å². The predicted molar refractivity (Wildman–Crippen MR) is 38.3 cm³/mol. The summed E-state index contributed by atoms with van der Waals surface area (Å²) in [5.41, 5.74) is 0.694. The lowest BCUT2D eigenvalue weighted by Gasteiger charge is -2.21. The normalized spacial score (nSPS) is 49.7. The van der Waals surface area contributed by atoms with E-state index in [2.05, 4.69) is 12.2 Å². The van der Waals surface area contributed by atoms with Crippen LogP contribution >= 0.6 is 0 Å². The minimum Gasteiger partial charge on any atom is -0.316 e. The van der Waals surface area contributed by atoms with E-state index in [0.29, 0.717) is 5.41 Å². The molecule has 2 rings (SSSR count). The van der Waals surface area contributed by atoms with E-state index in [4.69, 9.17) is 0 Å². The molecule has 2 fully saturated rings. The third-order valence-electron chi connectivity index (χ3n) is 3.21. The van der Waals surface area contributed by atoms with E-state index < -0.39 is 0 Å².